The Balaban J connectivity index is 0.762. The van der Waals surface area contributed by atoms with Crippen LogP contribution in [0.3, 0.4) is 0 Å². The molecule has 2 aromatic carbocycles. The van der Waals surface area contributed by atoms with Gasteiger partial charge in [0, 0.05) is 79.5 Å². The quantitative estimate of drug-likeness (QED) is 0.164. The number of imide groups is 1. The maximum absolute atomic E-state index is 16.4. The number of hydrogen-bond donors (Lipinski definition) is 3. The summed E-state index contributed by atoms with van der Waals surface area (Å²) in [4.78, 5) is 79.8. The number of carbonyl (C=O) groups is 4. The van der Waals surface area contributed by atoms with Crippen LogP contribution in [0.1, 0.15) is 94.2 Å². The molecule has 3 saturated heterocycles. The molecule has 5 aliphatic rings. The molecule has 65 heavy (non-hydrogen) atoms. The summed E-state index contributed by atoms with van der Waals surface area (Å²) in [6.45, 7) is 10.9. The number of anilines is 4. The van der Waals surface area contributed by atoms with Gasteiger partial charge in [0.05, 0.1) is 35.7 Å². The number of nitrogens with one attached hydrogen (secondary N) is 2. The smallest absolute Gasteiger partial charge is 0.293 e. The summed E-state index contributed by atoms with van der Waals surface area (Å²) in [6.07, 6.45) is 5.79. The second kappa shape index (κ2) is 17.9. The number of amides is 4. The van der Waals surface area contributed by atoms with Gasteiger partial charge in [-0.3, -0.25) is 34.2 Å². The van der Waals surface area contributed by atoms with Crippen molar-refractivity contribution in [2.75, 3.05) is 54.4 Å². The van der Waals surface area contributed by atoms with Gasteiger partial charge in [-0.15, -0.1) is 0 Å². The summed E-state index contributed by atoms with van der Waals surface area (Å²) in [5.74, 6) is -1.34. The molecule has 0 unspecified atom stereocenters. The lowest BCUT2D eigenvalue weighted by Gasteiger charge is -2.49. The summed E-state index contributed by atoms with van der Waals surface area (Å²) in [6, 6.07) is 9.34. The van der Waals surface area contributed by atoms with E-state index in [4.69, 9.17) is 31.8 Å². The van der Waals surface area contributed by atoms with Crippen LogP contribution in [0, 0.1) is 5.82 Å². The monoisotopic (exact) mass is 912 g/mol. The third-order valence-electron chi connectivity index (χ3n) is 13.6. The van der Waals surface area contributed by atoms with Crippen LogP contribution in [-0.4, -0.2) is 118 Å². The summed E-state index contributed by atoms with van der Waals surface area (Å²) in [5.41, 5.74) is 7.35. The van der Waals surface area contributed by atoms with Gasteiger partial charge in [0.1, 0.15) is 11.1 Å². The van der Waals surface area contributed by atoms with E-state index in [1.165, 1.54) is 4.90 Å². The average molecular weight is 913 g/mol. The largest absolute Gasteiger partial charge is 0.478 e. The van der Waals surface area contributed by atoms with E-state index in [1.807, 2.05) is 32.0 Å². The lowest BCUT2D eigenvalue weighted by Crippen LogP contribution is -2.59. The Morgan fingerprint density at radius 3 is 2.49 bits per heavy atom. The Kier molecular flexibility index (Phi) is 12.2. The highest BCUT2D eigenvalue weighted by atomic mass is 35.5. The first kappa shape index (κ1) is 44.4. The van der Waals surface area contributed by atoms with Crippen LogP contribution in [-0.2, 0) is 19.1 Å². The van der Waals surface area contributed by atoms with E-state index in [-0.39, 0.29) is 65.8 Å². The maximum Gasteiger partial charge on any atom is 0.293 e. The van der Waals surface area contributed by atoms with Crippen molar-refractivity contribution in [3.63, 3.8) is 0 Å². The first-order valence-corrected chi connectivity index (χ1v) is 22.8. The van der Waals surface area contributed by atoms with Crippen molar-refractivity contribution in [2.24, 2.45) is 5.73 Å². The minimum Gasteiger partial charge on any atom is -0.478 e. The highest BCUT2D eigenvalue weighted by molar-refractivity contribution is 6.33. The average Bonchev–Trinajstić information content (AvgIpc) is 3.51. The number of rotatable bonds is 12. The Morgan fingerprint density at radius 2 is 1.78 bits per heavy atom. The Hall–Kier alpha value is -5.85. The molecule has 1 aliphatic carbocycles. The van der Waals surface area contributed by atoms with Gasteiger partial charge in [-0.25, -0.2) is 9.37 Å². The van der Waals surface area contributed by atoms with E-state index in [0.717, 1.165) is 51.9 Å². The van der Waals surface area contributed by atoms with Crippen LogP contribution in [0.15, 0.2) is 47.4 Å². The van der Waals surface area contributed by atoms with Crippen molar-refractivity contribution in [3.8, 4) is 5.75 Å². The second-order valence-corrected chi connectivity index (χ2v) is 18.5. The number of nitrogens with zero attached hydrogens (tertiary/aromatic N) is 7. The SMILES string of the molecule is CC(C)n1c(=O)c(OCC(N)=O)cc2cc(Nc3nc(N4CCC(OC5CC(N6CCN(c7ccc8c(c7F)[C@H](C)N([C@@H]7CCC(=O)NC7=O)C8=O)[C@H](C)C6)C5)CC4)ncc3Cl)ccc21. The van der Waals surface area contributed by atoms with Crippen LogP contribution in [0.2, 0.25) is 5.02 Å². The minimum absolute atomic E-state index is 0.0323. The van der Waals surface area contributed by atoms with Crippen molar-refractivity contribution in [1.82, 2.24) is 29.7 Å². The zero-order chi connectivity index (χ0) is 45.8. The number of primary amides is 1. The molecule has 3 atom stereocenters. The topological polar surface area (TPSA) is 198 Å². The first-order chi connectivity index (χ1) is 31.1. The predicted octanol–water partition coefficient (Wildman–Crippen LogP) is 4.82. The van der Waals surface area contributed by atoms with Crippen molar-refractivity contribution < 1.29 is 33.0 Å². The lowest BCUT2D eigenvalue weighted by atomic mass is 9.86. The van der Waals surface area contributed by atoms with Crippen LogP contribution < -0.4 is 36.5 Å². The highest BCUT2D eigenvalue weighted by Crippen LogP contribution is 2.42. The van der Waals surface area contributed by atoms with Gasteiger partial charge in [0.15, 0.2) is 24.0 Å². The van der Waals surface area contributed by atoms with Gasteiger partial charge in [0.25, 0.3) is 17.4 Å². The van der Waals surface area contributed by atoms with Crippen molar-refractivity contribution >= 4 is 69.3 Å². The molecule has 19 heteroatoms. The van der Waals surface area contributed by atoms with Crippen molar-refractivity contribution in [1.29, 1.82) is 0 Å². The van der Waals surface area contributed by atoms with Crippen molar-refractivity contribution in [3.05, 3.63) is 74.9 Å². The third-order valence-corrected chi connectivity index (χ3v) is 13.8. The van der Waals surface area contributed by atoms with Gasteiger partial charge in [-0.1, -0.05) is 11.6 Å². The molecule has 1 saturated carbocycles. The molecule has 4 amide bonds. The Labute approximate surface area is 380 Å². The molecule has 2 aromatic heterocycles. The number of piperidine rings is 2. The third kappa shape index (κ3) is 8.58. The van der Waals surface area contributed by atoms with E-state index < -0.39 is 36.3 Å². The molecule has 4 fully saturated rings. The highest BCUT2D eigenvalue weighted by Gasteiger charge is 2.46. The minimum atomic E-state index is -0.812. The summed E-state index contributed by atoms with van der Waals surface area (Å²) in [7, 11) is 0. The molecule has 344 valence electrons. The molecule has 6 heterocycles. The van der Waals surface area contributed by atoms with Gasteiger partial charge in [0.2, 0.25) is 17.8 Å². The fourth-order valence-electron chi connectivity index (χ4n) is 10.2. The zero-order valence-corrected chi connectivity index (χ0v) is 37.6. The van der Waals surface area contributed by atoms with Crippen LogP contribution in [0.25, 0.3) is 10.9 Å². The number of nitrogens with two attached hydrogens (primary N) is 1. The van der Waals surface area contributed by atoms with Crippen LogP contribution in [0.4, 0.5) is 27.5 Å². The molecule has 17 nitrogen and oxygen atoms in total. The molecular formula is C46H54ClFN10O7. The van der Waals surface area contributed by atoms with Gasteiger partial charge < -0.3 is 39.8 Å². The molecule has 4 aliphatic heterocycles. The lowest BCUT2D eigenvalue weighted by molar-refractivity contribution is -0.137. The normalized spacial score (nSPS) is 24.1. The standard InChI is InChI=1S/C46H54ClFN10O7/c1-24(2)57-34-7-5-28(17-27(34)18-37(45(57)63)64-23-38(49)59)51-42-33(47)21-50-46(53-42)54-13-11-30(12-14-54)65-31-19-29(20-31)55-15-16-56(25(3)22-55)35-8-6-32-40(41(35)48)26(4)58(44(32)62)36-9-10-39(60)52-43(36)61/h5-8,17-18,21,24-26,29-31,36H,9-16,19-20,22-23H2,1-4H3,(H2,49,59)(H,50,51,53)(H,52,60,61)/t25-,26+,29?,31?,36-/m1/s1. The number of piperazine rings is 1. The number of hydrogen-bond acceptors (Lipinski definition) is 13. The molecule has 4 N–H and O–H groups in total. The number of halogens is 2. The van der Waals surface area contributed by atoms with Gasteiger partial charge in [-0.05, 0) is 96.2 Å². The molecule has 0 radical (unpaired) electrons. The predicted molar refractivity (Wildman–Crippen MR) is 242 cm³/mol. The number of pyridine rings is 1. The maximum atomic E-state index is 16.4. The summed E-state index contributed by atoms with van der Waals surface area (Å²) >= 11 is 6.58. The van der Waals surface area contributed by atoms with Gasteiger partial charge >= 0.3 is 0 Å². The Morgan fingerprint density at radius 1 is 1.02 bits per heavy atom. The fraction of sp³-hybridized carbons (Fsp3) is 0.500. The molecule has 0 spiro atoms. The summed E-state index contributed by atoms with van der Waals surface area (Å²) in [5, 5.41) is 6.69. The Bertz CT molecular complexity index is 2610. The van der Waals surface area contributed by atoms with Crippen molar-refractivity contribution in [2.45, 2.75) is 109 Å². The zero-order valence-electron chi connectivity index (χ0n) is 36.9. The first-order valence-electron chi connectivity index (χ1n) is 22.4. The van der Waals surface area contributed by atoms with Gasteiger partial charge in [-0.2, -0.15) is 4.98 Å². The number of aromatic nitrogens is 3. The summed E-state index contributed by atoms with van der Waals surface area (Å²) < 4.78 is 30.1. The van der Waals surface area contributed by atoms with E-state index in [2.05, 4.69) is 37.2 Å². The fourth-order valence-corrected chi connectivity index (χ4v) is 10.3. The number of benzene rings is 2. The number of ether oxygens (including phenoxy) is 2. The molecule has 0 bridgehead atoms. The number of carbonyl (C=O) groups excluding carboxylic acids is 4. The van der Waals surface area contributed by atoms with E-state index >= 15 is 4.39 Å². The molecule has 9 rings (SSSR count). The number of fused-ring (bicyclic) bond motifs is 2. The second-order valence-electron chi connectivity index (χ2n) is 18.1. The van der Waals surface area contributed by atoms with Crippen LogP contribution >= 0.6 is 11.6 Å². The molecule has 4 aromatic rings. The van der Waals surface area contributed by atoms with Crippen LogP contribution in [0.5, 0.6) is 5.75 Å². The van der Waals surface area contributed by atoms with E-state index in [1.54, 1.807) is 35.9 Å². The van der Waals surface area contributed by atoms with E-state index in [0.29, 0.717) is 57.2 Å². The van der Waals surface area contributed by atoms with E-state index in [9.17, 15) is 24.0 Å². The molecular weight excluding hydrogens is 859 g/mol.